The second-order valence-corrected chi connectivity index (χ2v) is 7.77. The van der Waals surface area contributed by atoms with Crippen molar-refractivity contribution in [2.45, 2.75) is 9.79 Å². The van der Waals surface area contributed by atoms with Crippen molar-refractivity contribution in [2.75, 3.05) is 0 Å². The number of sulfone groups is 1. The topological polar surface area (TPSA) is 47.3 Å². The Labute approximate surface area is 152 Å². The van der Waals surface area contributed by atoms with Crippen LogP contribution in [0.15, 0.2) is 111 Å². The minimum absolute atomic E-state index is 0.175. The fraction of sp³-hybridized carbons (Fsp3) is 0. The largest absolute Gasteiger partial charge is 0.455 e. The quantitative estimate of drug-likeness (QED) is 0.486. The van der Waals surface area contributed by atoms with Crippen LogP contribution >= 0.6 is 0 Å². The highest BCUT2D eigenvalue weighted by molar-refractivity contribution is 7.91. The van der Waals surface area contributed by atoms with Crippen molar-refractivity contribution in [3.8, 4) is 22.6 Å². The second kappa shape index (κ2) is 6.65. The first-order valence-corrected chi connectivity index (χ1v) is 9.69. The van der Waals surface area contributed by atoms with Gasteiger partial charge in [-0.1, -0.05) is 78.9 Å². The zero-order valence-corrected chi connectivity index (χ0v) is 14.7. The summed E-state index contributed by atoms with van der Waals surface area (Å²) in [7, 11) is -3.70. The predicted octanol–water partition coefficient (Wildman–Crippen LogP) is 5.45. The number of benzene rings is 3. The Morgan fingerprint density at radius 2 is 1.12 bits per heavy atom. The molecule has 0 spiro atoms. The lowest BCUT2D eigenvalue weighted by Gasteiger charge is -2.05. The standard InChI is InChI=1S/C22H16O3S/c23-26(24,19-14-8-3-9-15-19)21-16-20(17-10-4-1-5-11-17)25-22(21)18-12-6-2-7-13-18/h1-16H. The molecule has 0 amide bonds. The maximum atomic E-state index is 13.2. The van der Waals surface area contributed by atoms with Gasteiger partial charge < -0.3 is 4.42 Å². The summed E-state index contributed by atoms with van der Waals surface area (Å²) in [6, 6.07) is 28.8. The molecule has 4 rings (SSSR count). The molecule has 0 fully saturated rings. The summed E-state index contributed by atoms with van der Waals surface area (Å²) < 4.78 is 32.4. The van der Waals surface area contributed by atoms with Crippen LogP contribution in [-0.2, 0) is 9.84 Å². The fourth-order valence-electron chi connectivity index (χ4n) is 2.84. The first kappa shape index (κ1) is 16.4. The van der Waals surface area contributed by atoms with Crippen LogP contribution in [0.1, 0.15) is 0 Å². The normalized spacial score (nSPS) is 11.4. The molecule has 1 aromatic heterocycles. The SMILES string of the molecule is O=S(=O)(c1ccccc1)c1cc(-c2ccccc2)oc1-c1ccccc1. The third kappa shape index (κ3) is 2.95. The zero-order chi connectivity index (χ0) is 18.0. The smallest absolute Gasteiger partial charge is 0.210 e. The van der Waals surface area contributed by atoms with Crippen LogP contribution in [-0.4, -0.2) is 8.42 Å². The van der Waals surface area contributed by atoms with E-state index in [1.165, 1.54) is 0 Å². The highest BCUT2D eigenvalue weighted by Gasteiger charge is 2.26. The van der Waals surface area contributed by atoms with E-state index in [9.17, 15) is 8.42 Å². The van der Waals surface area contributed by atoms with Crippen molar-refractivity contribution in [3.05, 3.63) is 97.1 Å². The van der Waals surface area contributed by atoms with E-state index in [2.05, 4.69) is 0 Å². The summed E-state index contributed by atoms with van der Waals surface area (Å²) in [6.07, 6.45) is 0. The molecule has 4 heteroatoms. The van der Waals surface area contributed by atoms with Crippen molar-refractivity contribution >= 4 is 9.84 Å². The summed E-state index contributed by atoms with van der Waals surface area (Å²) in [5.74, 6) is 0.882. The van der Waals surface area contributed by atoms with Crippen molar-refractivity contribution in [3.63, 3.8) is 0 Å². The first-order chi connectivity index (χ1) is 12.7. The molecule has 26 heavy (non-hydrogen) atoms. The van der Waals surface area contributed by atoms with Gasteiger partial charge >= 0.3 is 0 Å². The van der Waals surface area contributed by atoms with Gasteiger partial charge in [0, 0.05) is 17.2 Å². The molecule has 0 radical (unpaired) electrons. The molecule has 0 bridgehead atoms. The van der Waals surface area contributed by atoms with Crippen molar-refractivity contribution in [1.82, 2.24) is 0 Å². The van der Waals surface area contributed by atoms with Crippen molar-refractivity contribution < 1.29 is 12.8 Å². The van der Waals surface area contributed by atoms with E-state index in [0.29, 0.717) is 11.5 Å². The van der Waals surface area contributed by atoms with E-state index in [1.54, 1.807) is 36.4 Å². The third-order valence-corrected chi connectivity index (χ3v) is 5.91. The van der Waals surface area contributed by atoms with Gasteiger partial charge in [-0.05, 0) is 12.1 Å². The van der Waals surface area contributed by atoms with Gasteiger partial charge in [-0.15, -0.1) is 0 Å². The van der Waals surface area contributed by atoms with Gasteiger partial charge in [0.25, 0.3) is 0 Å². The molecule has 1 heterocycles. The minimum Gasteiger partial charge on any atom is -0.455 e. The third-order valence-electron chi connectivity index (χ3n) is 4.14. The Bertz CT molecular complexity index is 1110. The van der Waals surface area contributed by atoms with E-state index in [-0.39, 0.29) is 9.79 Å². The molecule has 0 aliphatic rings. The molecule has 3 aromatic carbocycles. The molecule has 0 N–H and O–H groups in total. The number of furan rings is 1. The van der Waals surface area contributed by atoms with Crippen LogP contribution in [0.4, 0.5) is 0 Å². The van der Waals surface area contributed by atoms with Crippen LogP contribution in [0.3, 0.4) is 0 Å². The molecule has 0 atom stereocenters. The van der Waals surface area contributed by atoms with E-state index in [0.717, 1.165) is 11.1 Å². The van der Waals surface area contributed by atoms with Crippen LogP contribution in [0.5, 0.6) is 0 Å². The summed E-state index contributed by atoms with van der Waals surface area (Å²) in [5, 5.41) is 0. The van der Waals surface area contributed by atoms with Gasteiger partial charge in [0.1, 0.15) is 10.7 Å². The van der Waals surface area contributed by atoms with E-state index < -0.39 is 9.84 Å². The molecular formula is C22H16O3S. The van der Waals surface area contributed by atoms with Crippen molar-refractivity contribution in [1.29, 1.82) is 0 Å². The van der Waals surface area contributed by atoms with Crippen molar-refractivity contribution in [2.24, 2.45) is 0 Å². The Hall–Kier alpha value is -3.11. The molecule has 0 aliphatic carbocycles. The highest BCUT2D eigenvalue weighted by atomic mass is 32.2. The van der Waals surface area contributed by atoms with Gasteiger partial charge in [-0.2, -0.15) is 0 Å². The molecule has 0 unspecified atom stereocenters. The Morgan fingerprint density at radius 3 is 1.69 bits per heavy atom. The Kier molecular flexibility index (Phi) is 4.19. The second-order valence-electron chi connectivity index (χ2n) is 5.85. The van der Waals surface area contributed by atoms with E-state index in [1.807, 2.05) is 60.7 Å². The highest BCUT2D eigenvalue weighted by Crippen LogP contribution is 2.37. The average Bonchev–Trinajstić information content (AvgIpc) is 3.16. The molecular weight excluding hydrogens is 344 g/mol. The number of hydrogen-bond donors (Lipinski definition) is 0. The van der Waals surface area contributed by atoms with Crippen LogP contribution in [0, 0.1) is 0 Å². The lowest BCUT2D eigenvalue weighted by atomic mass is 10.1. The summed E-state index contributed by atoms with van der Waals surface area (Å²) in [6.45, 7) is 0. The predicted molar refractivity (Wildman–Crippen MR) is 101 cm³/mol. The maximum absolute atomic E-state index is 13.2. The Balaban J connectivity index is 1.95. The number of hydrogen-bond acceptors (Lipinski definition) is 3. The van der Waals surface area contributed by atoms with Gasteiger partial charge in [0.2, 0.25) is 9.84 Å². The molecule has 128 valence electrons. The minimum atomic E-state index is -3.70. The van der Waals surface area contributed by atoms with Gasteiger partial charge in [0.05, 0.1) is 4.90 Å². The fourth-order valence-corrected chi connectivity index (χ4v) is 4.27. The molecule has 0 saturated carbocycles. The monoisotopic (exact) mass is 360 g/mol. The number of rotatable bonds is 4. The summed E-state index contributed by atoms with van der Waals surface area (Å²) >= 11 is 0. The zero-order valence-electron chi connectivity index (χ0n) is 13.9. The van der Waals surface area contributed by atoms with E-state index >= 15 is 0 Å². The lowest BCUT2D eigenvalue weighted by molar-refractivity contribution is 0.580. The van der Waals surface area contributed by atoms with Gasteiger partial charge in [-0.3, -0.25) is 0 Å². The van der Waals surface area contributed by atoms with Crippen LogP contribution in [0.25, 0.3) is 22.6 Å². The maximum Gasteiger partial charge on any atom is 0.210 e. The molecule has 4 aromatic rings. The van der Waals surface area contributed by atoms with Crippen LogP contribution in [0.2, 0.25) is 0 Å². The van der Waals surface area contributed by atoms with E-state index in [4.69, 9.17) is 4.42 Å². The summed E-state index contributed by atoms with van der Waals surface area (Å²) in [5.41, 5.74) is 1.56. The van der Waals surface area contributed by atoms with Gasteiger partial charge in [0.15, 0.2) is 5.76 Å². The first-order valence-electron chi connectivity index (χ1n) is 8.21. The average molecular weight is 360 g/mol. The molecule has 3 nitrogen and oxygen atoms in total. The molecule has 0 aliphatic heterocycles. The molecule has 0 saturated heterocycles. The summed E-state index contributed by atoms with van der Waals surface area (Å²) in [4.78, 5) is 0.423. The van der Waals surface area contributed by atoms with Gasteiger partial charge in [-0.25, -0.2) is 8.42 Å². The Morgan fingerprint density at radius 1 is 0.615 bits per heavy atom. The lowest BCUT2D eigenvalue weighted by Crippen LogP contribution is -2.01. The van der Waals surface area contributed by atoms with Crippen LogP contribution < -0.4 is 0 Å².